The Balaban J connectivity index is 2.76. The fraction of sp³-hybridized carbons (Fsp3) is 0.333. The topological polar surface area (TPSA) is 176 Å². The van der Waals surface area contributed by atoms with Gasteiger partial charge in [-0.05, 0) is 6.42 Å². The van der Waals surface area contributed by atoms with Crippen molar-refractivity contribution >= 4 is 23.3 Å². The molecule has 0 aliphatic heterocycles. The zero-order valence-corrected chi connectivity index (χ0v) is 11.7. The number of hydrogen-bond acceptors (Lipinski definition) is 8. The molecule has 0 radical (unpaired) electrons. The Bertz CT molecular complexity index is 613. The SMILES string of the molecule is N[C@H](CCC(=O)O)C(=O)OCc1cc([N+](=O)[O-])cc([N+](=O)[O-])c1. The van der Waals surface area contributed by atoms with Crippen LogP contribution in [0.15, 0.2) is 18.2 Å². The predicted molar refractivity (Wildman–Crippen MR) is 74.4 cm³/mol. The molecule has 11 nitrogen and oxygen atoms in total. The molecule has 11 heteroatoms. The lowest BCUT2D eigenvalue weighted by atomic mass is 10.1. The summed E-state index contributed by atoms with van der Waals surface area (Å²) in [6, 6.07) is 1.68. The van der Waals surface area contributed by atoms with Crippen LogP contribution < -0.4 is 5.73 Å². The summed E-state index contributed by atoms with van der Waals surface area (Å²) in [4.78, 5) is 41.8. The second kappa shape index (κ2) is 7.79. The molecule has 0 aliphatic rings. The van der Waals surface area contributed by atoms with Crippen LogP contribution in [0, 0.1) is 20.2 Å². The van der Waals surface area contributed by atoms with Gasteiger partial charge in [0.25, 0.3) is 11.4 Å². The first kappa shape index (κ1) is 18.0. The standard InChI is InChI=1S/C12H13N3O8/c13-10(1-2-11(16)17)12(18)23-6-7-3-8(14(19)20)5-9(4-7)15(21)22/h3-5,10H,1-2,6,13H2,(H,16,17)/t10-/m1/s1. The van der Waals surface area contributed by atoms with Gasteiger partial charge in [0.05, 0.1) is 15.9 Å². The van der Waals surface area contributed by atoms with Gasteiger partial charge in [0.1, 0.15) is 12.6 Å². The van der Waals surface area contributed by atoms with Crippen molar-refractivity contribution in [3.63, 3.8) is 0 Å². The van der Waals surface area contributed by atoms with E-state index in [9.17, 15) is 29.8 Å². The third-order valence-corrected chi connectivity index (χ3v) is 2.74. The van der Waals surface area contributed by atoms with Crippen molar-refractivity contribution in [1.82, 2.24) is 0 Å². The third kappa shape index (κ3) is 5.67. The van der Waals surface area contributed by atoms with Gasteiger partial charge >= 0.3 is 11.9 Å². The molecule has 0 saturated heterocycles. The summed E-state index contributed by atoms with van der Waals surface area (Å²) in [6.45, 7) is -0.456. The van der Waals surface area contributed by atoms with E-state index in [0.717, 1.165) is 18.2 Å². The van der Waals surface area contributed by atoms with E-state index in [4.69, 9.17) is 15.6 Å². The number of rotatable bonds is 8. The number of nitrogens with two attached hydrogens (primary N) is 1. The number of carboxylic acids is 1. The number of nitrogens with zero attached hydrogens (tertiary/aromatic N) is 2. The zero-order chi connectivity index (χ0) is 17.6. The van der Waals surface area contributed by atoms with Crippen molar-refractivity contribution < 1.29 is 29.3 Å². The van der Waals surface area contributed by atoms with E-state index in [2.05, 4.69) is 0 Å². The Morgan fingerprint density at radius 2 is 1.70 bits per heavy atom. The Morgan fingerprint density at radius 3 is 2.13 bits per heavy atom. The largest absolute Gasteiger partial charge is 0.481 e. The van der Waals surface area contributed by atoms with E-state index in [1.807, 2.05) is 0 Å². The second-order valence-corrected chi connectivity index (χ2v) is 4.52. The molecule has 1 aromatic rings. The molecule has 3 N–H and O–H groups in total. The number of carbonyl (C=O) groups excluding carboxylic acids is 1. The van der Waals surface area contributed by atoms with Crippen LogP contribution in [-0.2, 0) is 20.9 Å². The van der Waals surface area contributed by atoms with E-state index in [0.29, 0.717) is 0 Å². The Labute approximate surface area is 128 Å². The van der Waals surface area contributed by atoms with Crippen molar-refractivity contribution in [2.24, 2.45) is 5.73 Å². The minimum absolute atomic E-state index is 0.0460. The van der Waals surface area contributed by atoms with Crippen LogP contribution in [-0.4, -0.2) is 32.9 Å². The summed E-state index contributed by atoms with van der Waals surface area (Å²) in [5.41, 5.74) is 4.45. The first-order chi connectivity index (χ1) is 10.7. The molecule has 0 spiro atoms. The lowest BCUT2D eigenvalue weighted by Crippen LogP contribution is -2.32. The molecule has 1 atom stereocenters. The first-order valence-electron chi connectivity index (χ1n) is 6.27. The van der Waals surface area contributed by atoms with Crippen LogP contribution in [0.4, 0.5) is 11.4 Å². The summed E-state index contributed by atoms with van der Waals surface area (Å²) in [5.74, 6) is -2.03. The fourth-order valence-corrected chi connectivity index (χ4v) is 1.61. The molecule has 1 rings (SSSR count). The molecule has 0 aromatic heterocycles. The summed E-state index contributed by atoms with van der Waals surface area (Å²) >= 11 is 0. The van der Waals surface area contributed by atoms with E-state index >= 15 is 0 Å². The molecule has 1 aromatic carbocycles. The van der Waals surface area contributed by atoms with Crippen molar-refractivity contribution in [3.05, 3.63) is 44.0 Å². The van der Waals surface area contributed by atoms with Crippen LogP contribution in [0.2, 0.25) is 0 Å². The van der Waals surface area contributed by atoms with Gasteiger partial charge in [-0.3, -0.25) is 29.8 Å². The maximum absolute atomic E-state index is 11.6. The highest BCUT2D eigenvalue weighted by atomic mass is 16.6. The number of nitro benzene ring substituents is 2. The Kier molecular flexibility index (Phi) is 6.09. The third-order valence-electron chi connectivity index (χ3n) is 2.74. The van der Waals surface area contributed by atoms with E-state index in [1.165, 1.54) is 0 Å². The number of carbonyl (C=O) groups is 2. The van der Waals surface area contributed by atoms with Crippen LogP contribution >= 0.6 is 0 Å². The average molecular weight is 327 g/mol. The highest BCUT2D eigenvalue weighted by Crippen LogP contribution is 2.23. The van der Waals surface area contributed by atoms with Crippen molar-refractivity contribution in [2.45, 2.75) is 25.5 Å². The highest BCUT2D eigenvalue weighted by Gasteiger charge is 2.19. The monoisotopic (exact) mass is 327 g/mol. The molecule has 0 unspecified atom stereocenters. The fourth-order valence-electron chi connectivity index (χ4n) is 1.61. The summed E-state index contributed by atoms with van der Waals surface area (Å²) in [5, 5.41) is 29.9. The van der Waals surface area contributed by atoms with Gasteiger partial charge in [-0.2, -0.15) is 0 Å². The molecule has 0 bridgehead atoms. The summed E-state index contributed by atoms with van der Waals surface area (Å²) in [7, 11) is 0. The Morgan fingerprint density at radius 1 is 1.17 bits per heavy atom. The molecule has 23 heavy (non-hydrogen) atoms. The molecule has 0 heterocycles. The van der Waals surface area contributed by atoms with E-state index in [-0.39, 0.29) is 18.4 Å². The molecular weight excluding hydrogens is 314 g/mol. The zero-order valence-electron chi connectivity index (χ0n) is 11.7. The van der Waals surface area contributed by atoms with Gasteiger partial charge in [-0.1, -0.05) is 0 Å². The number of nitro groups is 2. The highest BCUT2D eigenvalue weighted by molar-refractivity contribution is 5.76. The second-order valence-electron chi connectivity index (χ2n) is 4.52. The number of esters is 1. The quantitative estimate of drug-likeness (QED) is 0.396. The number of non-ortho nitro benzene ring substituents is 2. The minimum Gasteiger partial charge on any atom is -0.481 e. The normalized spacial score (nSPS) is 11.5. The van der Waals surface area contributed by atoms with E-state index in [1.54, 1.807) is 0 Å². The predicted octanol–water partition coefficient (Wildman–Crippen LogP) is 0.738. The van der Waals surface area contributed by atoms with Crippen LogP contribution in [0.3, 0.4) is 0 Å². The van der Waals surface area contributed by atoms with Gasteiger partial charge in [0, 0.05) is 24.1 Å². The minimum atomic E-state index is -1.17. The van der Waals surface area contributed by atoms with Gasteiger partial charge in [0.15, 0.2) is 0 Å². The van der Waals surface area contributed by atoms with Gasteiger partial charge in [0.2, 0.25) is 0 Å². The molecule has 0 amide bonds. The number of ether oxygens (including phenoxy) is 1. The number of carboxylic acid groups (broad SMARTS) is 1. The molecular formula is C12H13N3O8. The van der Waals surface area contributed by atoms with Crippen LogP contribution in [0.25, 0.3) is 0 Å². The van der Waals surface area contributed by atoms with Crippen LogP contribution in [0.5, 0.6) is 0 Å². The number of aliphatic carboxylic acids is 1. The first-order valence-corrected chi connectivity index (χ1v) is 6.27. The average Bonchev–Trinajstić information content (AvgIpc) is 2.49. The van der Waals surface area contributed by atoms with Crippen molar-refractivity contribution in [1.29, 1.82) is 0 Å². The van der Waals surface area contributed by atoms with Gasteiger partial charge in [-0.25, -0.2) is 0 Å². The Hall–Kier alpha value is -3.08. The lowest BCUT2D eigenvalue weighted by Gasteiger charge is -2.10. The van der Waals surface area contributed by atoms with Crippen molar-refractivity contribution in [2.75, 3.05) is 0 Å². The molecule has 124 valence electrons. The summed E-state index contributed by atoms with van der Waals surface area (Å²) < 4.78 is 4.79. The van der Waals surface area contributed by atoms with Crippen molar-refractivity contribution in [3.8, 4) is 0 Å². The maximum Gasteiger partial charge on any atom is 0.323 e. The van der Waals surface area contributed by atoms with Gasteiger partial charge < -0.3 is 15.6 Å². The molecule has 0 fully saturated rings. The smallest absolute Gasteiger partial charge is 0.323 e. The molecule has 0 saturated carbocycles. The van der Waals surface area contributed by atoms with E-state index < -0.39 is 45.8 Å². The number of hydrogen-bond donors (Lipinski definition) is 2. The van der Waals surface area contributed by atoms with Crippen LogP contribution in [0.1, 0.15) is 18.4 Å². The van der Waals surface area contributed by atoms with Gasteiger partial charge in [-0.15, -0.1) is 0 Å². The molecule has 0 aliphatic carbocycles. The number of benzene rings is 1. The maximum atomic E-state index is 11.6. The summed E-state index contributed by atoms with van der Waals surface area (Å²) in [6.07, 6.45) is -0.457. The lowest BCUT2D eigenvalue weighted by molar-refractivity contribution is -0.394.